The average molecular weight is 307 g/mol. The zero-order valence-corrected chi connectivity index (χ0v) is 15.3. The first-order chi connectivity index (χ1) is 8.28. The molecule has 18 heavy (non-hydrogen) atoms. The Bertz CT molecular complexity index is 245. The lowest BCUT2D eigenvalue weighted by molar-refractivity contribution is 0.113. The molecule has 0 saturated carbocycles. The summed E-state index contributed by atoms with van der Waals surface area (Å²) < 4.78 is 0.502. The standard InChI is InChI=1S/C14H30OS2Si/c1-12(2)13(15)8-6-9-14(18(3,4)5)16-10-7-11-17-14/h12-13,15H,6-11H2,1-5H3. The van der Waals surface area contributed by atoms with Crippen molar-refractivity contribution in [3.05, 3.63) is 0 Å². The third-order valence-electron chi connectivity index (χ3n) is 3.88. The number of aliphatic hydroxyl groups is 1. The van der Waals surface area contributed by atoms with Gasteiger partial charge in [-0.2, -0.15) is 0 Å². The van der Waals surface area contributed by atoms with Crippen LogP contribution in [0, 0.1) is 5.92 Å². The number of aliphatic hydroxyl groups excluding tert-OH is 1. The van der Waals surface area contributed by atoms with Gasteiger partial charge in [0.2, 0.25) is 0 Å². The van der Waals surface area contributed by atoms with E-state index in [0.717, 1.165) is 6.42 Å². The molecule has 4 heteroatoms. The van der Waals surface area contributed by atoms with E-state index in [0.29, 0.717) is 9.62 Å². The molecular weight excluding hydrogens is 276 g/mol. The van der Waals surface area contributed by atoms with Gasteiger partial charge in [-0.3, -0.25) is 0 Å². The molecule has 1 saturated heterocycles. The molecule has 1 heterocycles. The zero-order valence-electron chi connectivity index (χ0n) is 12.7. The Hall–Kier alpha value is 0.877. The SMILES string of the molecule is CC(C)C(O)CCCC1([Si](C)(C)C)SCCCS1. The van der Waals surface area contributed by atoms with Gasteiger partial charge in [-0.15, -0.1) is 23.5 Å². The minimum atomic E-state index is -1.16. The van der Waals surface area contributed by atoms with Crippen LogP contribution in [0.4, 0.5) is 0 Å². The maximum atomic E-state index is 9.94. The van der Waals surface area contributed by atoms with E-state index >= 15 is 0 Å². The average Bonchev–Trinajstić information content (AvgIpc) is 2.28. The van der Waals surface area contributed by atoms with Crippen LogP contribution in [-0.4, -0.2) is 34.5 Å². The molecule has 1 atom stereocenters. The molecule has 0 aromatic rings. The Labute approximate surface area is 123 Å². The molecule has 1 aliphatic heterocycles. The Morgan fingerprint density at radius 1 is 1.17 bits per heavy atom. The van der Waals surface area contributed by atoms with Gasteiger partial charge in [0, 0.05) is 0 Å². The van der Waals surface area contributed by atoms with Crippen molar-refractivity contribution in [2.75, 3.05) is 11.5 Å². The molecule has 0 aliphatic carbocycles. The second-order valence-electron chi connectivity index (χ2n) is 6.76. The van der Waals surface area contributed by atoms with Gasteiger partial charge in [0.1, 0.15) is 0 Å². The van der Waals surface area contributed by atoms with Crippen molar-refractivity contribution in [1.29, 1.82) is 0 Å². The molecule has 1 nitrogen and oxygen atoms in total. The summed E-state index contributed by atoms with van der Waals surface area (Å²) in [6.45, 7) is 11.8. The van der Waals surface area contributed by atoms with Gasteiger partial charge < -0.3 is 5.11 Å². The molecule has 0 aromatic carbocycles. The summed E-state index contributed by atoms with van der Waals surface area (Å²) in [7, 11) is -1.16. The van der Waals surface area contributed by atoms with Crippen LogP contribution < -0.4 is 0 Å². The summed E-state index contributed by atoms with van der Waals surface area (Å²) in [5.74, 6) is 3.08. The van der Waals surface area contributed by atoms with E-state index in [2.05, 4.69) is 57.0 Å². The molecule has 1 N–H and O–H groups in total. The third kappa shape index (κ3) is 4.46. The lowest BCUT2D eigenvalue weighted by atomic mass is 10.0. The van der Waals surface area contributed by atoms with Crippen LogP contribution in [0.15, 0.2) is 0 Å². The summed E-state index contributed by atoms with van der Waals surface area (Å²) in [4.78, 5) is 0. The lowest BCUT2D eigenvalue weighted by Crippen LogP contribution is -2.48. The molecule has 0 bridgehead atoms. The minimum Gasteiger partial charge on any atom is -0.393 e. The number of rotatable bonds is 6. The van der Waals surface area contributed by atoms with Crippen LogP contribution in [-0.2, 0) is 0 Å². The fourth-order valence-electron chi connectivity index (χ4n) is 2.40. The first-order valence-corrected chi connectivity index (χ1v) is 12.7. The summed E-state index contributed by atoms with van der Waals surface area (Å²) in [5, 5.41) is 9.94. The third-order valence-corrected chi connectivity index (χ3v) is 14.0. The predicted molar refractivity (Wildman–Crippen MR) is 90.3 cm³/mol. The Kier molecular flexibility index (Phi) is 6.63. The van der Waals surface area contributed by atoms with Crippen molar-refractivity contribution in [2.24, 2.45) is 5.92 Å². The van der Waals surface area contributed by atoms with E-state index in [9.17, 15) is 5.11 Å². The first-order valence-electron chi connectivity index (χ1n) is 7.24. The molecule has 0 spiro atoms. The summed E-state index contributed by atoms with van der Waals surface area (Å²) in [6.07, 6.45) is 4.72. The molecule has 0 radical (unpaired) electrons. The highest BCUT2D eigenvalue weighted by Gasteiger charge is 2.45. The van der Waals surface area contributed by atoms with E-state index < -0.39 is 8.07 Å². The highest BCUT2D eigenvalue weighted by Crippen LogP contribution is 2.51. The molecule has 1 unspecified atom stereocenters. The second-order valence-corrected chi connectivity index (χ2v) is 15.9. The van der Waals surface area contributed by atoms with Gasteiger partial charge in [-0.05, 0) is 43.1 Å². The normalized spacial score (nSPS) is 22.2. The minimum absolute atomic E-state index is 0.109. The van der Waals surface area contributed by atoms with E-state index in [1.807, 2.05) is 0 Å². The number of hydrogen-bond acceptors (Lipinski definition) is 3. The van der Waals surface area contributed by atoms with Crippen molar-refractivity contribution >= 4 is 31.6 Å². The fraction of sp³-hybridized carbons (Fsp3) is 1.00. The molecule has 1 fully saturated rings. The topological polar surface area (TPSA) is 20.2 Å². The predicted octanol–water partition coefficient (Wildman–Crippen LogP) is 4.62. The van der Waals surface area contributed by atoms with Gasteiger partial charge in [0.25, 0.3) is 0 Å². The van der Waals surface area contributed by atoms with Crippen LogP contribution >= 0.6 is 23.5 Å². The highest BCUT2D eigenvalue weighted by atomic mass is 32.2. The van der Waals surface area contributed by atoms with Crippen molar-refractivity contribution in [2.45, 2.75) is 69.0 Å². The van der Waals surface area contributed by atoms with Gasteiger partial charge >= 0.3 is 0 Å². The lowest BCUT2D eigenvalue weighted by Gasteiger charge is -2.45. The summed E-state index contributed by atoms with van der Waals surface area (Å²) in [6, 6.07) is 0. The van der Waals surface area contributed by atoms with Crippen LogP contribution in [0.1, 0.15) is 39.5 Å². The second kappa shape index (κ2) is 7.05. The van der Waals surface area contributed by atoms with Crippen molar-refractivity contribution < 1.29 is 5.11 Å². The first kappa shape index (κ1) is 16.9. The fourth-order valence-corrected chi connectivity index (χ4v) is 10.2. The highest BCUT2D eigenvalue weighted by molar-refractivity contribution is 8.21. The number of thioether (sulfide) groups is 2. The summed E-state index contributed by atoms with van der Waals surface area (Å²) >= 11 is 4.44. The van der Waals surface area contributed by atoms with Gasteiger partial charge in [-0.25, -0.2) is 0 Å². The van der Waals surface area contributed by atoms with Gasteiger partial charge in [0.05, 0.1) is 17.9 Å². The van der Waals surface area contributed by atoms with Gasteiger partial charge in [0.15, 0.2) is 0 Å². The maximum Gasteiger partial charge on any atom is 0.0752 e. The largest absolute Gasteiger partial charge is 0.393 e. The van der Waals surface area contributed by atoms with Crippen LogP contribution in [0.2, 0.25) is 19.6 Å². The van der Waals surface area contributed by atoms with E-state index in [-0.39, 0.29) is 6.10 Å². The summed E-state index contributed by atoms with van der Waals surface area (Å²) in [5.41, 5.74) is 0. The van der Waals surface area contributed by atoms with Crippen molar-refractivity contribution in [1.82, 2.24) is 0 Å². The van der Waals surface area contributed by atoms with Crippen LogP contribution in [0.25, 0.3) is 0 Å². The van der Waals surface area contributed by atoms with Gasteiger partial charge in [-0.1, -0.05) is 33.5 Å². The maximum absolute atomic E-state index is 9.94. The molecule has 0 aromatic heterocycles. The van der Waals surface area contributed by atoms with E-state index in [4.69, 9.17) is 0 Å². The molecular formula is C14H30OS2Si. The smallest absolute Gasteiger partial charge is 0.0752 e. The van der Waals surface area contributed by atoms with Crippen molar-refractivity contribution in [3.63, 3.8) is 0 Å². The molecule has 108 valence electrons. The molecule has 1 rings (SSSR count). The molecule has 0 amide bonds. The number of hydrogen-bond donors (Lipinski definition) is 1. The monoisotopic (exact) mass is 306 g/mol. The Morgan fingerprint density at radius 3 is 2.17 bits per heavy atom. The van der Waals surface area contributed by atoms with Crippen LogP contribution in [0.3, 0.4) is 0 Å². The quantitative estimate of drug-likeness (QED) is 0.723. The van der Waals surface area contributed by atoms with Crippen molar-refractivity contribution in [3.8, 4) is 0 Å². The van der Waals surface area contributed by atoms with Crippen LogP contribution in [0.5, 0.6) is 0 Å². The molecule has 1 aliphatic rings. The van der Waals surface area contributed by atoms with E-state index in [1.165, 1.54) is 30.8 Å². The zero-order chi connectivity index (χ0) is 13.8. The Balaban J connectivity index is 2.53. The van der Waals surface area contributed by atoms with E-state index in [1.54, 1.807) is 0 Å². The Morgan fingerprint density at radius 2 is 1.72 bits per heavy atom.